The summed E-state index contributed by atoms with van der Waals surface area (Å²) in [6.45, 7) is 2.04. The molecule has 0 fully saturated rings. The minimum Gasteiger partial charge on any atom is -0.459 e. The van der Waals surface area contributed by atoms with Crippen LogP contribution in [0.25, 0.3) is 5.88 Å². The number of hydrogen-bond donors (Lipinski definition) is 2. The highest BCUT2D eigenvalue weighted by molar-refractivity contribution is 5.98. The molecule has 132 valence electrons. The van der Waals surface area contributed by atoms with Crippen molar-refractivity contribution >= 4 is 11.8 Å². The van der Waals surface area contributed by atoms with Crippen LogP contribution in [0.2, 0.25) is 0 Å². The first-order chi connectivity index (χ1) is 12.6. The molecule has 0 aliphatic carbocycles. The van der Waals surface area contributed by atoms with Crippen LogP contribution in [-0.2, 0) is 0 Å². The quantitative estimate of drug-likeness (QED) is 0.659. The van der Waals surface area contributed by atoms with E-state index < -0.39 is 5.91 Å². The lowest BCUT2D eigenvalue weighted by Gasteiger charge is -2.06. The summed E-state index contributed by atoms with van der Waals surface area (Å²) in [5.41, 5.74) is 0.351. The van der Waals surface area contributed by atoms with E-state index in [0.29, 0.717) is 11.6 Å². The van der Waals surface area contributed by atoms with Crippen LogP contribution in [0.15, 0.2) is 51.8 Å². The van der Waals surface area contributed by atoms with Gasteiger partial charge in [0, 0.05) is 25.5 Å². The van der Waals surface area contributed by atoms with Crippen molar-refractivity contribution in [3.05, 3.63) is 65.6 Å². The molecule has 0 bridgehead atoms. The summed E-state index contributed by atoms with van der Waals surface area (Å²) in [5.74, 6) is 0.0450. The summed E-state index contributed by atoms with van der Waals surface area (Å²) in [6.07, 6.45) is 4.86. The average Bonchev–Trinajstić information content (AvgIpc) is 3.38. The second kappa shape index (κ2) is 7.44. The molecule has 0 aliphatic heterocycles. The largest absolute Gasteiger partial charge is 0.459 e. The number of hydrogen-bond acceptors (Lipinski definition) is 5. The Morgan fingerprint density at radius 3 is 2.46 bits per heavy atom. The van der Waals surface area contributed by atoms with Gasteiger partial charge in [-0.3, -0.25) is 14.2 Å². The lowest BCUT2D eigenvalue weighted by Crippen LogP contribution is -2.34. The van der Waals surface area contributed by atoms with E-state index in [0.717, 1.165) is 0 Å². The van der Waals surface area contributed by atoms with Crippen molar-refractivity contribution in [2.24, 2.45) is 0 Å². The van der Waals surface area contributed by atoms with Gasteiger partial charge < -0.3 is 19.5 Å². The van der Waals surface area contributed by atoms with Crippen LogP contribution >= 0.6 is 0 Å². The Balaban J connectivity index is 1.63. The predicted molar refractivity (Wildman–Crippen MR) is 90.9 cm³/mol. The molecule has 8 heteroatoms. The molecule has 0 saturated carbocycles. The smallest absolute Gasteiger partial charge is 0.287 e. The molecule has 0 unspecified atom stereocenters. The molecule has 2 amide bonds. The van der Waals surface area contributed by atoms with Crippen LogP contribution in [0, 0.1) is 18.3 Å². The summed E-state index contributed by atoms with van der Waals surface area (Å²) in [4.78, 5) is 24.2. The van der Waals surface area contributed by atoms with Crippen LogP contribution in [0.4, 0.5) is 0 Å². The molecule has 3 rings (SSSR count). The summed E-state index contributed by atoms with van der Waals surface area (Å²) in [7, 11) is 0. The standard InChI is InChI=1S/C18H16N4O4/c1-12-15(13(11-19)18(26-12)22-8-2-3-9-22)17(24)21-7-6-20-16(23)14-5-4-10-25-14/h2-5,8-10H,6-7H2,1H3,(H,20,23)(H,21,24). The van der Waals surface area contributed by atoms with Crippen molar-refractivity contribution in [3.63, 3.8) is 0 Å². The van der Waals surface area contributed by atoms with Gasteiger partial charge in [0.15, 0.2) is 5.76 Å². The first kappa shape index (κ1) is 17.1. The Labute approximate surface area is 149 Å². The maximum atomic E-state index is 12.4. The summed E-state index contributed by atoms with van der Waals surface area (Å²) in [6, 6.07) is 8.77. The van der Waals surface area contributed by atoms with E-state index in [9.17, 15) is 14.9 Å². The normalized spacial score (nSPS) is 10.3. The van der Waals surface area contributed by atoms with Gasteiger partial charge in [-0.1, -0.05) is 0 Å². The van der Waals surface area contributed by atoms with Crippen molar-refractivity contribution in [1.82, 2.24) is 15.2 Å². The summed E-state index contributed by atoms with van der Waals surface area (Å²) < 4.78 is 12.2. The first-order valence-electron chi connectivity index (χ1n) is 7.88. The van der Waals surface area contributed by atoms with E-state index in [2.05, 4.69) is 10.6 Å². The zero-order valence-electron chi connectivity index (χ0n) is 14.0. The number of furan rings is 2. The van der Waals surface area contributed by atoms with Crippen molar-refractivity contribution in [1.29, 1.82) is 5.26 Å². The summed E-state index contributed by atoms with van der Waals surface area (Å²) >= 11 is 0. The van der Waals surface area contributed by atoms with Gasteiger partial charge in [0.05, 0.1) is 6.26 Å². The van der Waals surface area contributed by atoms with Gasteiger partial charge in [-0.05, 0) is 31.2 Å². The van der Waals surface area contributed by atoms with Crippen molar-refractivity contribution < 1.29 is 18.4 Å². The van der Waals surface area contributed by atoms with Crippen molar-refractivity contribution in [2.45, 2.75) is 6.92 Å². The Hall–Kier alpha value is -3.73. The van der Waals surface area contributed by atoms with E-state index in [1.807, 2.05) is 6.07 Å². The Bertz CT molecular complexity index is 946. The van der Waals surface area contributed by atoms with Gasteiger partial charge in [-0.2, -0.15) is 5.26 Å². The molecule has 0 aliphatic rings. The van der Waals surface area contributed by atoms with Crippen molar-refractivity contribution in [2.75, 3.05) is 13.1 Å². The number of nitriles is 1. The van der Waals surface area contributed by atoms with Crippen LogP contribution < -0.4 is 10.6 Å². The zero-order valence-corrected chi connectivity index (χ0v) is 14.0. The van der Waals surface area contributed by atoms with E-state index in [-0.39, 0.29) is 35.9 Å². The topological polar surface area (TPSA) is 113 Å². The van der Waals surface area contributed by atoms with E-state index in [4.69, 9.17) is 8.83 Å². The fraction of sp³-hybridized carbons (Fsp3) is 0.167. The zero-order chi connectivity index (χ0) is 18.5. The van der Waals surface area contributed by atoms with Gasteiger partial charge >= 0.3 is 0 Å². The molecule has 2 N–H and O–H groups in total. The monoisotopic (exact) mass is 352 g/mol. The van der Waals surface area contributed by atoms with E-state index in [1.165, 1.54) is 6.26 Å². The molecule has 0 spiro atoms. The number of aryl methyl sites for hydroxylation is 1. The predicted octanol–water partition coefficient (Wildman–Crippen LogP) is 2.00. The van der Waals surface area contributed by atoms with Crippen LogP contribution in [-0.4, -0.2) is 29.5 Å². The third kappa shape index (κ3) is 3.37. The average molecular weight is 352 g/mol. The molecule has 3 aromatic heterocycles. The van der Waals surface area contributed by atoms with Gasteiger partial charge in [-0.25, -0.2) is 0 Å². The number of nitrogens with zero attached hydrogens (tertiary/aromatic N) is 2. The number of aromatic nitrogens is 1. The Kier molecular flexibility index (Phi) is 4.90. The minimum absolute atomic E-state index is 0.163. The lowest BCUT2D eigenvalue weighted by molar-refractivity contribution is 0.0910. The number of amides is 2. The fourth-order valence-electron chi connectivity index (χ4n) is 2.49. The molecule has 26 heavy (non-hydrogen) atoms. The number of carbonyl (C=O) groups excluding carboxylic acids is 2. The second-order valence-corrected chi connectivity index (χ2v) is 5.40. The fourth-order valence-corrected chi connectivity index (χ4v) is 2.49. The molecule has 8 nitrogen and oxygen atoms in total. The van der Waals surface area contributed by atoms with Crippen LogP contribution in [0.1, 0.15) is 32.2 Å². The SMILES string of the molecule is Cc1oc(-n2cccc2)c(C#N)c1C(=O)NCCNC(=O)c1ccco1. The van der Waals surface area contributed by atoms with Gasteiger partial charge in [0.25, 0.3) is 11.8 Å². The summed E-state index contributed by atoms with van der Waals surface area (Å²) in [5, 5.41) is 14.7. The highest BCUT2D eigenvalue weighted by atomic mass is 16.4. The maximum Gasteiger partial charge on any atom is 0.287 e. The molecule has 0 radical (unpaired) electrons. The second-order valence-electron chi connectivity index (χ2n) is 5.40. The highest BCUT2D eigenvalue weighted by Gasteiger charge is 2.24. The van der Waals surface area contributed by atoms with Gasteiger partial charge in [-0.15, -0.1) is 0 Å². The van der Waals surface area contributed by atoms with E-state index >= 15 is 0 Å². The molecular formula is C18H16N4O4. The molecule has 0 atom stereocenters. The van der Waals surface area contributed by atoms with E-state index in [1.54, 1.807) is 48.1 Å². The minimum atomic E-state index is -0.437. The molecule has 3 heterocycles. The third-order valence-corrected chi connectivity index (χ3v) is 3.68. The number of rotatable bonds is 6. The van der Waals surface area contributed by atoms with Gasteiger partial charge in [0.2, 0.25) is 5.88 Å². The first-order valence-corrected chi connectivity index (χ1v) is 7.88. The molecule has 0 aromatic carbocycles. The Morgan fingerprint density at radius 2 is 1.85 bits per heavy atom. The van der Waals surface area contributed by atoms with Crippen LogP contribution in [0.3, 0.4) is 0 Å². The van der Waals surface area contributed by atoms with Crippen molar-refractivity contribution in [3.8, 4) is 12.0 Å². The Morgan fingerprint density at radius 1 is 1.15 bits per heavy atom. The molecular weight excluding hydrogens is 336 g/mol. The number of nitrogens with one attached hydrogen (secondary N) is 2. The number of carbonyl (C=O) groups is 2. The molecule has 3 aromatic rings. The molecule has 0 saturated heterocycles. The van der Waals surface area contributed by atoms with Gasteiger partial charge in [0.1, 0.15) is 23.0 Å². The van der Waals surface area contributed by atoms with Crippen LogP contribution in [0.5, 0.6) is 0 Å². The third-order valence-electron chi connectivity index (χ3n) is 3.68. The maximum absolute atomic E-state index is 12.4. The lowest BCUT2D eigenvalue weighted by atomic mass is 10.1. The highest BCUT2D eigenvalue weighted by Crippen LogP contribution is 2.25.